The number of nitrogens with zero attached hydrogens (tertiary/aromatic N) is 1. The maximum Gasteiger partial charge on any atom is 0.0643 e. The largest absolute Gasteiger partial charge is 0.285 e. The van der Waals surface area contributed by atoms with Crippen LogP contribution in [0.1, 0.15) is 53.9 Å². The molecule has 1 nitrogen and oxygen atoms in total. The smallest absolute Gasteiger partial charge is 0.0643 e. The maximum atomic E-state index is 4.99. The average Bonchev–Trinajstić information content (AvgIpc) is 2.86. The first-order valence-electron chi connectivity index (χ1n) is 12.0. The molecule has 4 rings (SSSR count). The van der Waals surface area contributed by atoms with E-state index in [1.807, 2.05) is 0 Å². The normalized spacial score (nSPS) is 20.5. The van der Waals surface area contributed by atoms with Gasteiger partial charge in [-0.2, -0.15) is 0 Å². The summed E-state index contributed by atoms with van der Waals surface area (Å²) < 4.78 is 0. The van der Waals surface area contributed by atoms with Crippen LogP contribution < -0.4 is 0 Å². The Bertz CT molecular complexity index is 1120. The van der Waals surface area contributed by atoms with Crippen molar-refractivity contribution >= 4 is 11.3 Å². The lowest BCUT2D eigenvalue weighted by atomic mass is 9.85. The van der Waals surface area contributed by atoms with E-state index in [2.05, 4.69) is 116 Å². The number of aliphatic imine (C=N–C) groups is 1. The predicted molar refractivity (Wildman–Crippen MR) is 143 cm³/mol. The summed E-state index contributed by atoms with van der Waals surface area (Å²) in [5.74, 6) is 0.438. The van der Waals surface area contributed by atoms with Gasteiger partial charge in [0, 0.05) is 12.1 Å². The fraction of sp³-hybridized carbons (Fsp3) is 0.219. The van der Waals surface area contributed by atoms with Gasteiger partial charge in [0.25, 0.3) is 0 Å². The maximum absolute atomic E-state index is 4.99. The van der Waals surface area contributed by atoms with Crippen LogP contribution in [-0.2, 0) is 13.0 Å². The van der Waals surface area contributed by atoms with Crippen LogP contribution in [0, 0.1) is 0 Å². The van der Waals surface area contributed by atoms with Crippen molar-refractivity contribution in [3.63, 3.8) is 0 Å². The van der Waals surface area contributed by atoms with Crippen LogP contribution in [0.4, 0.5) is 0 Å². The summed E-state index contributed by atoms with van der Waals surface area (Å²) in [7, 11) is 0. The van der Waals surface area contributed by atoms with Crippen molar-refractivity contribution in [2.45, 2.75) is 44.6 Å². The zero-order valence-corrected chi connectivity index (χ0v) is 19.4. The van der Waals surface area contributed by atoms with Gasteiger partial charge in [0.1, 0.15) is 0 Å². The fourth-order valence-corrected chi connectivity index (χ4v) is 4.42. The quantitative estimate of drug-likeness (QED) is 0.369. The first-order chi connectivity index (χ1) is 16.3. The molecule has 0 N–H and O–H groups in total. The molecular weight excluding hydrogens is 398 g/mol. The number of fused-ring (bicyclic) bond motifs is 1. The second-order valence-corrected chi connectivity index (χ2v) is 8.73. The Kier molecular flexibility index (Phi) is 8.25. The second kappa shape index (κ2) is 12.0. The monoisotopic (exact) mass is 431 g/mol. The van der Waals surface area contributed by atoms with E-state index in [-0.39, 0.29) is 0 Å². The van der Waals surface area contributed by atoms with Crippen LogP contribution in [0.5, 0.6) is 0 Å². The van der Waals surface area contributed by atoms with Crippen LogP contribution in [0.15, 0.2) is 121 Å². The lowest BCUT2D eigenvalue weighted by Gasteiger charge is -2.20. The number of hydrogen-bond acceptors (Lipinski definition) is 1. The van der Waals surface area contributed by atoms with E-state index in [1.54, 1.807) is 0 Å². The van der Waals surface area contributed by atoms with Crippen LogP contribution >= 0.6 is 0 Å². The zero-order valence-electron chi connectivity index (χ0n) is 19.4. The molecule has 1 unspecified atom stereocenters. The summed E-state index contributed by atoms with van der Waals surface area (Å²) in [6.07, 6.45) is 14.1. The van der Waals surface area contributed by atoms with E-state index < -0.39 is 0 Å². The topological polar surface area (TPSA) is 12.4 Å². The lowest BCUT2D eigenvalue weighted by molar-refractivity contribution is 0.719. The van der Waals surface area contributed by atoms with Crippen LogP contribution in [0.2, 0.25) is 0 Å². The molecule has 1 atom stereocenters. The number of allylic oxidation sites excluding steroid dienone is 5. The van der Waals surface area contributed by atoms with Crippen LogP contribution in [0.25, 0.3) is 5.57 Å². The summed E-state index contributed by atoms with van der Waals surface area (Å²) in [4.78, 5) is 4.99. The van der Waals surface area contributed by atoms with Crippen molar-refractivity contribution in [1.82, 2.24) is 0 Å². The Morgan fingerprint density at radius 2 is 1.45 bits per heavy atom. The Balaban J connectivity index is 1.63. The first kappa shape index (κ1) is 22.7. The molecule has 1 aliphatic carbocycles. The average molecular weight is 432 g/mol. The molecule has 0 amide bonds. The minimum Gasteiger partial charge on any atom is -0.285 e. The van der Waals surface area contributed by atoms with Crippen molar-refractivity contribution < 1.29 is 0 Å². The van der Waals surface area contributed by atoms with Gasteiger partial charge < -0.3 is 0 Å². The highest BCUT2D eigenvalue weighted by molar-refractivity contribution is 5.97. The summed E-state index contributed by atoms with van der Waals surface area (Å²) >= 11 is 0. The molecule has 0 radical (unpaired) electrons. The third-order valence-electron chi connectivity index (χ3n) is 6.24. The predicted octanol–water partition coefficient (Wildman–Crippen LogP) is 8.35. The highest BCUT2D eigenvalue weighted by Crippen LogP contribution is 2.33. The molecule has 0 fully saturated rings. The highest BCUT2D eigenvalue weighted by Gasteiger charge is 2.15. The Morgan fingerprint density at radius 3 is 2.27 bits per heavy atom. The van der Waals surface area contributed by atoms with Gasteiger partial charge in [0.05, 0.1) is 6.54 Å². The molecule has 1 aliphatic rings. The zero-order chi connectivity index (χ0) is 22.7. The fourth-order valence-electron chi connectivity index (χ4n) is 4.42. The number of rotatable bonds is 3. The molecule has 0 heterocycles. The summed E-state index contributed by atoms with van der Waals surface area (Å²) in [5.41, 5.74) is 7.52. The van der Waals surface area contributed by atoms with Crippen molar-refractivity contribution in [1.29, 1.82) is 0 Å². The third-order valence-corrected chi connectivity index (χ3v) is 6.24. The summed E-state index contributed by atoms with van der Waals surface area (Å²) in [5, 5.41) is 0. The molecule has 1 heteroatoms. The Morgan fingerprint density at radius 1 is 0.758 bits per heavy atom. The molecule has 0 aliphatic heterocycles. The van der Waals surface area contributed by atoms with E-state index in [4.69, 9.17) is 4.99 Å². The first-order valence-corrected chi connectivity index (χ1v) is 12.0. The van der Waals surface area contributed by atoms with E-state index in [0.29, 0.717) is 12.5 Å². The van der Waals surface area contributed by atoms with Gasteiger partial charge >= 0.3 is 0 Å². The molecule has 0 bridgehead atoms. The van der Waals surface area contributed by atoms with E-state index in [0.717, 1.165) is 37.8 Å². The molecular formula is C32H33N. The third kappa shape index (κ3) is 6.76. The second-order valence-electron chi connectivity index (χ2n) is 8.73. The van der Waals surface area contributed by atoms with Gasteiger partial charge in [0.15, 0.2) is 0 Å². The molecule has 0 saturated heterocycles. The Hall–Kier alpha value is -3.45. The van der Waals surface area contributed by atoms with Gasteiger partial charge in [-0.05, 0) is 65.5 Å². The molecule has 0 spiro atoms. The van der Waals surface area contributed by atoms with Crippen LogP contribution in [0.3, 0.4) is 0 Å². The van der Waals surface area contributed by atoms with Gasteiger partial charge in [-0.3, -0.25) is 4.99 Å². The van der Waals surface area contributed by atoms with Crippen LogP contribution in [-0.4, -0.2) is 5.71 Å². The van der Waals surface area contributed by atoms with E-state index >= 15 is 0 Å². The minimum absolute atomic E-state index is 0.438. The van der Waals surface area contributed by atoms with Gasteiger partial charge in [-0.1, -0.05) is 110 Å². The van der Waals surface area contributed by atoms with Crippen molar-refractivity contribution in [3.05, 3.63) is 138 Å². The molecule has 3 aromatic carbocycles. The molecule has 33 heavy (non-hydrogen) atoms. The molecule has 166 valence electrons. The number of benzene rings is 3. The van der Waals surface area contributed by atoms with Crippen molar-refractivity contribution in [2.24, 2.45) is 4.99 Å². The molecule has 0 saturated carbocycles. The SMILES string of the molecule is C=C1CC(c2ccccc2)C/C=C/CC/C=C/C(=N\Cc2ccccc2)Cc2ccccc21. The molecule has 3 aromatic rings. The summed E-state index contributed by atoms with van der Waals surface area (Å²) in [6, 6.07) is 30.1. The number of hydrogen-bond donors (Lipinski definition) is 0. The molecule has 0 aromatic heterocycles. The Labute approximate surface area is 198 Å². The highest BCUT2D eigenvalue weighted by atomic mass is 14.7. The van der Waals surface area contributed by atoms with E-state index in [1.165, 1.54) is 27.8 Å². The van der Waals surface area contributed by atoms with E-state index in [9.17, 15) is 0 Å². The lowest BCUT2D eigenvalue weighted by Crippen LogP contribution is -2.06. The van der Waals surface area contributed by atoms with Gasteiger partial charge in [-0.25, -0.2) is 0 Å². The van der Waals surface area contributed by atoms with Crippen molar-refractivity contribution in [2.75, 3.05) is 0 Å². The van der Waals surface area contributed by atoms with Gasteiger partial charge in [-0.15, -0.1) is 0 Å². The summed E-state index contributed by atoms with van der Waals surface area (Å²) in [6.45, 7) is 5.25. The standard InChI is InChI=1S/C32H33N/c1-26-23-29(28-17-10-6-11-18-28)19-9-3-2-4-12-21-31(24-30-20-13-14-22-32(26)30)33-25-27-15-7-5-8-16-27/h3,5-18,20-22,29H,1-2,4,19,23-25H2/b9-3+,21-12+,33-31+. The van der Waals surface area contributed by atoms with Gasteiger partial charge in [0.2, 0.25) is 0 Å². The minimum atomic E-state index is 0.438. The van der Waals surface area contributed by atoms with Crippen molar-refractivity contribution in [3.8, 4) is 0 Å².